The summed E-state index contributed by atoms with van der Waals surface area (Å²) in [7, 11) is 0. The van der Waals surface area contributed by atoms with E-state index in [0.717, 1.165) is 4.90 Å². The van der Waals surface area contributed by atoms with E-state index >= 15 is 0 Å². The average molecular weight is 274 g/mol. The number of amides is 2. The molecule has 0 radical (unpaired) electrons. The number of carboxylic acid groups (broad SMARTS) is 1. The monoisotopic (exact) mass is 274 g/mol. The summed E-state index contributed by atoms with van der Waals surface area (Å²) in [6.07, 6.45) is -0.888. The summed E-state index contributed by atoms with van der Waals surface area (Å²) in [6.45, 7) is 3.21. The highest BCUT2D eigenvalue weighted by molar-refractivity contribution is 5.87. The molecule has 108 valence electrons. The van der Waals surface area contributed by atoms with Crippen LogP contribution in [0.3, 0.4) is 0 Å². The van der Waals surface area contributed by atoms with Crippen molar-refractivity contribution in [3.63, 3.8) is 0 Å². The lowest BCUT2D eigenvalue weighted by atomic mass is 10.2. The topological polar surface area (TPSA) is 116 Å². The molecule has 19 heavy (non-hydrogen) atoms. The maximum atomic E-state index is 11.9. The lowest BCUT2D eigenvalue weighted by Crippen LogP contribution is -2.50. The molecule has 2 amide bonds. The van der Waals surface area contributed by atoms with Gasteiger partial charge in [-0.2, -0.15) is 0 Å². The Hall–Kier alpha value is -1.83. The fraction of sp³-hybridized carbons (Fsp3) is 0.727. The fourth-order valence-electron chi connectivity index (χ4n) is 1.87. The summed E-state index contributed by atoms with van der Waals surface area (Å²) in [4.78, 5) is 35.2. The molecule has 1 unspecified atom stereocenters. The summed E-state index contributed by atoms with van der Waals surface area (Å²) in [6, 6.07) is -2.66. The lowest BCUT2D eigenvalue weighted by molar-refractivity contribution is -0.144. The molecule has 3 N–H and O–H groups in total. The van der Waals surface area contributed by atoms with Crippen LogP contribution in [0.4, 0.5) is 4.79 Å². The third-order valence-corrected chi connectivity index (χ3v) is 2.81. The Morgan fingerprint density at radius 2 is 2.11 bits per heavy atom. The number of carboxylic acids is 1. The first kappa shape index (κ1) is 15.2. The number of hydrogen-bond acceptors (Lipinski definition) is 5. The van der Waals surface area contributed by atoms with Gasteiger partial charge in [-0.1, -0.05) is 0 Å². The third kappa shape index (κ3) is 3.82. The highest BCUT2D eigenvalue weighted by Gasteiger charge is 2.39. The molecule has 1 fully saturated rings. The third-order valence-electron chi connectivity index (χ3n) is 2.81. The van der Waals surface area contributed by atoms with Gasteiger partial charge in [-0.25, -0.2) is 14.4 Å². The largest absolute Gasteiger partial charge is 0.480 e. The molecule has 0 aromatic carbocycles. The van der Waals surface area contributed by atoms with Crippen molar-refractivity contribution in [2.24, 2.45) is 0 Å². The van der Waals surface area contributed by atoms with Crippen LogP contribution in [0.5, 0.6) is 0 Å². The van der Waals surface area contributed by atoms with Gasteiger partial charge >= 0.3 is 18.0 Å². The molecular weight excluding hydrogens is 256 g/mol. The first-order chi connectivity index (χ1) is 8.86. The van der Waals surface area contributed by atoms with Crippen LogP contribution in [0.25, 0.3) is 0 Å². The minimum atomic E-state index is -1.18. The molecule has 0 aromatic heterocycles. The Morgan fingerprint density at radius 1 is 1.47 bits per heavy atom. The molecule has 0 aliphatic carbocycles. The van der Waals surface area contributed by atoms with Gasteiger partial charge in [0, 0.05) is 13.0 Å². The van der Waals surface area contributed by atoms with Gasteiger partial charge in [0.25, 0.3) is 0 Å². The molecule has 1 aliphatic rings. The minimum absolute atomic E-state index is 0.0173. The van der Waals surface area contributed by atoms with Crippen molar-refractivity contribution in [3.05, 3.63) is 0 Å². The molecule has 1 aliphatic heterocycles. The van der Waals surface area contributed by atoms with Crippen molar-refractivity contribution in [1.29, 1.82) is 0 Å². The molecule has 8 nitrogen and oxygen atoms in total. The van der Waals surface area contributed by atoms with Gasteiger partial charge < -0.3 is 25.2 Å². The van der Waals surface area contributed by atoms with E-state index in [1.807, 2.05) is 0 Å². The van der Waals surface area contributed by atoms with E-state index < -0.39 is 36.2 Å². The maximum absolute atomic E-state index is 11.9. The van der Waals surface area contributed by atoms with E-state index in [2.05, 4.69) is 5.32 Å². The molecule has 0 aromatic rings. The van der Waals surface area contributed by atoms with Crippen LogP contribution >= 0.6 is 0 Å². The number of hydrogen-bond donors (Lipinski definition) is 3. The van der Waals surface area contributed by atoms with Gasteiger partial charge in [0.2, 0.25) is 0 Å². The van der Waals surface area contributed by atoms with Gasteiger partial charge in [-0.15, -0.1) is 0 Å². The van der Waals surface area contributed by atoms with E-state index in [1.54, 1.807) is 6.92 Å². The van der Waals surface area contributed by atoms with Crippen molar-refractivity contribution in [2.45, 2.75) is 38.5 Å². The van der Waals surface area contributed by atoms with Gasteiger partial charge in [-0.3, -0.25) is 0 Å². The zero-order chi connectivity index (χ0) is 14.6. The summed E-state index contributed by atoms with van der Waals surface area (Å²) in [5.41, 5.74) is 0. The second-order valence-corrected chi connectivity index (χ2v) is 4.32. The van der Waals surface area contributed by atoms with Crippen molar-refractivity contribution in [1.82, 2.24) is 10.2 Å². The Morgan fingerprint density at radius 3 is 2.63 bits per heavy atom. The number of urea groups is 1. The van der Waals surface area contributed by atoms with Crippen molar-refractivity contribution in [3.8, 4) is 0 Å². The van der Waals surface area contributed by atoms with Crippen LogP contribution in [-0.4, -0.2) is 64.4 Å². The number of nitrogens with zero attached hydrogens (tertiary/aromatic N) is 1. The molecule has 0 saturated carbocycles. The van der Waals surface area contributed by atoms with Gasteiger partial charge in [-0.05, 0) is 13.8 Å². The van der Waals surface area contributed by atoms with Crippen LogP contribution in [-0.2, 0) is 14.3 Å². The zero-order valence-electron chi connectivity index (χ0n) is 10.8. The molecule has 0 spiro atoms. The van der Waals surface area contributed by atoms with Gasteiger partial charge in [0.1, 0.15) is 12.1 Å². The summed E-state index contributed by atoms with van der Waals surface area (Å²) >= 11 is 0. The zero-order valence-corrected chi connectivity index (χ0v) is 10.8. The van der Waals surface area contributed by atoms with Crippen molar-refractivity contribution < 1.29 is 29.3 Å². The Labute approximate surface area is 110 Å². The number of carbonyl (C=O) groups is 3. The number of ether oxygens (including phenoxy) is 1. The highest BCUT2D eigenvalue weighted by atomic mass is 16.5. The van der Waals surface area contributed by atoms with Crippen LogP contribution in [0, 0.1) is 0 Å². The number of rotatable bonds is 4. The highest BCUT2D eigenvalue weighted by Crippen LogP contribution is 2.18. The normalized spacial score (nSPS) is 23.8. The quantitative estimate of drug-likeness (QED) is 0.576. The SMILES string of the molecule is CCOC(=O)C(C)NC(=O)N1C[C@@H](O)C[C@H]1C(=O)O. The van der Waals surface area contributed by atoms with Crippen molar-refractivity contribution >= 4 is 18.0 Å². The van der Waals surface area contributed by atoms with Crippen LogP contribution in [0.2, 0.25) is 0 Å². The number of β-amino-alcohol motifs (C(OH)–C–C–N with tert-alkyl or cyclic N) is 1. The summed E-state index contributed by atoms with van der Waals surface area (Å²) < 4.78 is 4.72. The summed E-state index contributed by atoms with van der Waals surface area (Å²) in [5, 5.41) is 20.7. The Bertz CT molecular complexity index is 372. The Kier molecular flexibility index (Phi) is 5.11. The van der Waals surface area contributed by atoms with E-state index in [9.17, 15) is 19.5 Å². The second-order valence-electron chi connectivity index (χ2n) is 4.32. The molecule has 3 atom stereocenters. The minimum Gasteiger partial charge on any atom is -0.480 e. The van der Waals surface area contributed by atoms with E-state index in [1.165, 1.54) is 6.92 Å². The standard InChI is InChI=1S/C11H18N2O6/c1-3-19-10(17)6(2)12-11(18)13-5-7(14)4-8(13)9(15)16/h6-8,14H,3-5H2,1-2H3,(H,12,18)(H,15,16)/t6?,7-,8-/m0/s1. The number of carbonyl (C=O) groups excluding carboxylic acids is 2. The number of likely N-dealkylation sites (tertiary alicyclic amines) is 1. The number of esters is 1. The van der Waals surface area contributed by atoms with E-state index in [-0.39, 0.29) is 19.6 Å². The number of aliphatic carboxylic acids is 1. The average Bonchev–Trinajstić information content (AvgIpc) is 2.71. The molecule has 1 saturated heterocycles. The summed E-state index contributed by atoms with van der Waals surface area (Å²) in [5.74, 6) is -1.78. The van der Waals surface area contributed by atoms with Crippen molar-refractivity contribution in [2.75, 3.05) is 13.2 Å². The predicted molar refractivity (Wildman–Crippen MR) is 63.4 cm³/mol. The number of nitrogens with one attached hydrogen (secondary N) is 1. The van der Waals surface area contributed by atoms with E-state index in [0.29, 0.717) is 0 Å². The molecule has 0 bridgehead atoms. The fourth-order valence-corrected chi connectivity index (χ4v) is 1.87. The number of aliphatic hydroxyl groups excluding tert-OH is 1. The van der Waals surface area contributed by atoms with Gasteiger partial charge in [0.15, 0.2) is 0 Å². The molecule has 8 heteroatoms. The smallest absolute Gasteiger partial charge is 0.328 e. The molecular formula is C11H18N2O6. The molecule has 1 heterocycles. The second kappa shape index (κ2) is 6.37. The van der Waals surface area contributed by atoms with Crippen LogP contribution < -0.4 is 5.32 Å². The Balaban J connectivity index is 2.62. The van der Waals surface area contributed by atoms with Crippen LogP contribution in [0.1, 0.15) is 20.3 Å². The van der Waals surface area contributed by atoms with E-state index in [4.69, 9.17) is 9.84 Å². The maximum Gasteiger partial charge on any atom is 0.328 e. The number of aliphatic hydroxyl groups is 1. The first-order valence-electron chi connectivity index (χ1n) is 6.01. The molecule has 1 rings (SSSR count). The first-order valence-corrected chi connectivity index (χ1v) is 6.01. The van der Waals surface area contributed by atoms with Crippen LogP contribution in [0.15, 0.2) is 0 Å². The van der Waals surface area contributed by atoms with Gasteiger partial charge in [0.05, 0.1) is 12.7 Å². The lowest BCUT2D eigenvalue weighted by Gasteiger charge is -2.23. The predicted octanol–water partition coefficient (Wildman–Crippen LogP) is -0.833.